The topological polar surface area (TPSA) is 52.0 Å². The number of hydrogen-bond donors (Lipinski definition) is 2. The highest BCUT2D eigenvalue weighted by Gasteiger charge is 2.18. The van der Waals surface area contributed by atoms with Gasteiger partial charge in [0.15, 0.2) is 0 Å². The Balaban J connectivity index is 1.98. The molecule has 1 aliphatic rings. The SMILES string of the molecule is BC1CCC(Cc2cc(N)cc(N)c2)CC1. The summed E-state index contributed by atoms with van der Waals surface area (Å²) in [5, 5.41) is 0. The predicted molar refractivity (Wildman–Crippen MR) is 73.2 cm³/mol. The van der Waals surface area contributed by atoms with Crippen LogP contribution in [0.15, 0.2) is 18.2 Å². The molecule has 0 saturated heterocycles. The van der Waals surface area contributed by atoms with Gasteiger partial charge in [-0.05, 0) is 36.1 Å². The first kappa shape index (κ1) is 11.4. The lowest BCUT2D eigenvalue weighted by Crippen LogP contribution is -2.13. The van der Waals surface area contributed by atoms with Gasteiger partial charge in [-0.1, -0.05) is 31.5 Å². The lowest BCUT2D eigenvalue weighted by Gasteiger charge is -2.26. The lowest BCUT2D eigenvalue weighted by atomic mass is 9.71. The molecule has 2 nitrogen and oxygen atoms in total. The second kappa shape index (κ2) is 4.81. The molecule has 0 atom stereocenters. The van der Waals surface area contributed by atoms with Gasteiger partial charge in [0.2, 0.25) is 0 Å². The zero-order valence-electron chi connectivity index (χ0n) is 10.1. The van der Waals surface area contributed by atoms with Gasteiger partial charge in [0, 0.05) is 11.4 Å². The Hall–Kier alpha value is -1.12. The Labute approximate surface area is 98.8 Å². The van der Waals surface area contributed by atoms with Crippen molar-refractivity contribution in [3.8, 4) is 0 Å². The molecular formula is C13H21BN2. The summed E-state index contributed by atoms with van der Waals surface area (Å²) >= 11 is 0. The van der Waals surface area contributed by atoms with Crippen LogP contribution in [-0.4, -0.2) is 7.85 Å². The van der Waals surface area contributed by atoms with E-state index in [1.54, 1.807) is 0 Å². The van der Waals surface area contributed by atoms with E-state index < -0.39 is 0 Å². The van der Waals surface area contributed by atoms with Crippen LogP contribution in [0.3, 0.4) is 0 Å². The molecule has 4 N–H and O–H groups in total. The van der Waals surface area contributed by atoms with E-state index in [-0.39, 0.29) is 0 Å². The second-order valence-corrected chi connectivity index (χ2v) is 5.34. The van der Waals surface area contributed by atoms with Gasteiger partial charge in [-0.3, -0.25) is 0 Å². The molecular weight excluding hydrogens is 195 g/mol. The second-order valence-electron chi connectivity index (χ2n) is 5.34. The van der Waals surface area contributed by atoms with Crippen LogP contribution in [0.25, 0.3) is 0 Å². The molecule has 1 aliphatic carbocycles. The summed E-state index contributed by atoms with van der Waals surface area (Å²) in [6.45, 7) is 0. The zero-order valence-corrected chi connectivity index (χ0v) is 10.1. The molecule has 2 rings (SSSR count). The molecule has 0 heterocycles. The van der Waals surface area contributed by atoms with Crippen LogP contribution < -0.4 is 11.5 Å². The van der Waals surface area contributed by atoms with Gasteiger partial charge >= 0.3 is 0 Å². The van der Waals surface area contributed by atoms with Gasteiger partial charge in [0.25, 0.3) is 0 Å². The molecule has 16 heavy (non-hydrogen) atoms. The maximum Gasteiger partial charge on any atom is 0.105 e. The fourth-order valence-electron chi connectivity index (χ4n) is 2.73. The van der Waals surface area contributed by atoms with Gasteiger partial charge < -0.3 is 11.5 Å². The Bertz CT molecular complexity index is 337. The van der Waals surface area contributed by atoms with Crippen molar-refractivity contribution in [1.29, 1.82) is 0 Å². The van der Waals surface area contributed by atoms with Crippen molar-refractivity contribution in [2.45, 2.75) is 37.9 Å². The van der Waals surface area contributed by atoms with Gasteiger partial charge in [-0.25, -0.2) is 0 Å². The van der Waals surface area contributed by atoms with Crippen molar-refractivity contribution >= 4 is 19.2 Å². The van der Waals surface area contributed by atoms with E-state index >= 15 is 0 Å². The molecule has 0 spiro atoms. The van der Waals surface area contributed by atoms with Crippen molar-refractivity contribution in [2.24, 2.45) is 5.92 Å². The standard InChI is InChI=1S/C13H21BN2/c14-11-3-1-9(2-4-11)5-10-6-12(15)8-13(16)7-10/h6-9,11H,1-5,14-16H2. The van der Waals surface area contributed by atoms with Crippen LogP contribution in [0.2, 0.25) is 5.82 Å². The van der Waals surface area contributed by atoms with E-state index in [4.69, 9.17) is 11.5 Å². The third-order valence-electron chi connectivity index (χ3n) is 3.70. The minimum atomic E-state index is 0.791. The van der Waals surface area contributed by atoms with Gasteiger partial charge in [0.05, 0.1) is 0 Å². The third kappa shape index (κ3) is 2.94. The molecule has 3 heteroatoms. The highest BCUT2D eigenvalue weighted by atomic mass is 14.6. The van der Waals surface area contributed by atoms with E-state index in [2.05, 4.69) is 20.0 Å². The highest BCUT2D eigenvalue weighted by Crippen LogP contribution is 2.33. The average molecular weight is 216 g/mol. The van der Waals surface area contributed by atoms with E-state index in [1.165, 1.54) is 31.2 Å². The summed E-state index contributed by atoms with van der Waals surface area (Å²) in [5.41, 5.74) is 14.5. The Morgan fingerprint density at radius 3 is 2.12 bits per heavy atom. The summed E-state index contributed by atoms with van der Waals surface area (Å²) in [6.07, 6.45) is 6.61. The minimum Gasteiger partial charge on any atom is -0.399 e. The molecule has 1 saturated carbocycles. The monoisotopic (exact) mass is 216 g/mol. The number of nitrogens with two attached hydrogens (primary N) is 2. The molecule has 1 fully saturated rings. The normalized spacial score (nSPS) is 25.5. The smallest absolute Gasteiger partial charge is 0.105 e. The summed E-state index contributed by atoms with van der Waals surface area (Å²) in [5.74, 6) is 1.75. The van der Waals surface area contributed by atoms with Crippen LogP contribution in [0, 0.1) is 5.92 Å². The lowest BCUT2D eigenvalue weighted by molar-refractivity contribution is 0.357. The van der Waals surface area contributed by atoms with Crippen molar-refractivity contribution in [2.75, 3.05) is 11.5 Å². The number of nitrogen functional groups attached to an aromatic ring is 2. The molecule has 0 bridgehead atoms. The Kier molecular flexibility index (Phi) is 3.42. The van der Waals surface area contributed by atoms with Crippen LogP contribution in [0.5, 0.6) is 0 Å². The molecule has 0 amide bonds. The Morgan fingerprint density at radius 1 is 1.00 bits per heavy atom. The van der Waals surface area contributed by atoms with E-state index in [9.17, 15) is 0 Å². The Morgan fingerprint density at radius 2 is 1.56 bits per heavy atom. The first-order chi connectivity index (χ1) is 7.63. The minimum absolute atomic E-state index is 0.791. The first-order valence-electron chi connectivity index (χ1n) is 6.28. The fraction of sp³-hybridized carbons (Fsp3) is 0.538. The number of benzene rings is 1. The van der Waals surface area contributed by atoms with Crippen molar-refractivity contribution < 1.29 is 0 Å². The van der Waals surface area contributed by atoms with Crippen LogP contribution >= 0.6 is 0 Å². The van der Waals surface area contributed by atoms with Crippen molar-refractivity contribution in [3.63, 3.8) is 0 Å². The van der Waals surface area contributed by atoms with E-state index in [1.807, 2.05) is 6.07 Å². The van der Waals surface area contributed by atoms with E-state index in [0.29, 0.717) is 0 Å². The van der Waals surface area contributed by atoms with Crippen LogP contribution in [0.1, 0.15) is 31.2 Å². The molecule has 0 unspecified atom stereocenters. The fourth-order valence-corrected chi connectivity index (χ4v) is 2.73. The quantitative estimate of drug-likeness (QED) is 0.586. The van der Waals surface area contributed by atoms with Crippen LogP contribution in [0.4, 0.5) is 11.4 Å². The maximum absolute atomic E-state index is 5.81. The van der Waals surface area contributed by atoms with Gasteiger partial charge in [-0.15, -0.1) is 0 Å². The summed E-state index contributed by atoms with van der Waals surface area (Å²) in [6, 6.07) is 5.95. The molecule has 0 aromatic heterocycles. The van der Waals surface area contributed by atoms with Gasteiger partial charge in [0.1, 0.15) is 7.85 Å². The number of anilines is 2. The number of hydrogen-bond acceptors (Lipinski definition) is 2. The largest absolute Gasteiger partial charge is 0.399 e. The predicted octanol–water partition coefficient (Wildman–Crippen LogP) is 2.01. The average Bonchev–Trinajstić information content (AvgIpc) is 2.20. The molecule has 0 aliphatic heterocycles. The van der Waals surface area contributed by atoms with Crippen molar-refractivity contribution in [1.82, 2.24) is 0 Å². The molecule has 1 aromatic rings. The zero-order chi connectivity index (χ0) is 11.5. The molecule has 86 valence electrons. The van der Waals surface area contributed by atoms with Gasteiger partial charge in [-0.2, -0.15) is 0 Å². The number of rotatable bonds is 2. The van der Waals surface area contributed by atoms with E-state index in [0.717, 1.165) is 29.5 Å². The summed E-state index contributed by atoms with van der Waals surface area (Å²) in [7, 11) is 2.36. The summed E-state index contributed by atoms with van der Waals surface area (Å²) < 4.78 is 0. The molecule has 0 radical (unpaired) electrons. The van der Waals surface area contributed by atoms with Crippen LogP contribution in [-0.2, 0) is 6.42 Å². The molecule has 1 aromatic carbocycles. The third-order valence-corrected chi connectivity index (χ3v) is 3.70. The van der Waals surface area contributed by atoms with Crippen molar-refractivity contribution in [3.05, 3.63) is 23.8 Å². The summed E-state index contributed by atoms with van der Waals surface area (Å²) in [4.78, 5) is 0. The first-order valence-corrected chi connectivity index (χ1v) is 6.28. The maximum atomic E-state index is 5.81. The highest BCUT2D eigenvalue weighted by molar-refractivity contribution is 6.11.